The van der Waals surface area contributed by atoms with Crippen LogP contribution in [0.5, 0.6) is 5.75 Å². The van der Waals surface area contributed by atoms with Crippen LogP contribution in [0.3, 0.4) is 0 Å². The fraction of sp³-hybridized carbons (Fsp3) is 0.143. The topological polar surface area (TPSA) is 88.8 Å². The molecule has 104 valence electrons. The van der Waals surface area contributed by atoms with Crippen molar-refractivity contribution in [1.29, 1.82) is 0 Å². The number of aromatic hydroxyl groups is 1. The number of rotatable bonds is 3. The van der Waals surface area contributed by atoms with Crippen LogP contribution in [0.2, 0.25) is 0 Å². The summed E-state index contributed by atoms with van der Waals surface area (Å²) in [6.45, 7) is 1.57. The second kappa shape index (κ2) is 5.92. The van der Waals surface area contributed by atoms with Gasteiger partial charge in [-0.05, 0) is 12.5 Å². The van der Waals surface area contributed by atoms with E-state index in [2.05, 4.69) is 5.32 Å². The summed E-state index contributed by atoms with van der Waals surface area (Å²) in [4.78, 5) is 23.0. The van der Waals surface area contributed by atoms with E-state index in [4.69, 9.17) is 9.15 Å². The van der Waals surface area contributed by atoms with Crippen molar-refractivity contribution in [3.05, 3.63) is 58.1 Å². The molecule has 0 aliphatic rings. The lowest BCUT2D eigenvalue weighted by atomic mass is 10.2. The molecule has 0 fully saturated rings. The van der Waals surface area contributed by atoms with E-state index in [1.165, 1.54) is 13.0 Å². The van der Waals surface area contributed by atoms with Gasteiger partial charge in [0.2, 0.25) is 0 Å². The number of benzene rings is 1. The van der Waals surface area contributed by atoms with Crippen molar-refractivity contribution in [2.75, 3.05) is 5.32 Å². The van der Waals surface area contributed by atoms with E-state index < -0.39 is 11.7 Å². The predicted octanol–water partition coefficient (Wildman–Crippen LogP) is 2.40. The zero-order valence-electron chi connectivity index (χ0n) is 10.8. The molecule has 0 bridgehead atoms. The minimum absolute atomic E-state index is 0.0601. The first-order valence-corrected chi connectivity index (χ1v) is 5.87. The Morgan fingerprint density at radius 3 is 2.70 bits per heavy atom. The van der Waals surface area contributed by atoms with Gasteiger partial charge in [-0.15, -0.1) is 0 Å². The third-order valence-electron chi connectivity index (χ3n) is 2.49. The van der Waals surface area contributed by atoms with E-state index in [1.54, 1.807) is 12.1 Å². The van der Waals surface area contributed by atoms with E-state index in [0.29, 0.717) is 0 Å². The molecule has 6 nitrogen and oxygen atoms in total. The molecule has 0 spiro atoms. The molecule has 0 saturated carbocycles. The third-order valence-corrected chi connectivity index (χ3v) is 2.49. The number of anilines is 1. The van der Waals surface area contributed by atoms with Crippen molar-refractivity contribution in [3.63, 3.8) is 0 Å². The van der Waals surface area contributed by atoms with E-state index in [0.717, 1.165) is 5.56 Å². The van der Waals surface area contributed by atoms with Gasteiger partial charge in [0.1, 0.15) is 18.1 Å². The molecular formula is C14H13NO5. The van der Waals surface area contributed by atoms with Gasteiger partial charge < -0.3 is 14.3 Å². The standard InChI is InChI=1S/C14H13NO5/c1-9-7-11(16)12(13(17)20-9)15-14(18)19-8-10-5-3-2-4-6-10/h2-7,16H,8H2,1H3,(H,15,18). The van der Waals surface area contributed by atoms with Crippen molar-refractivity contribution >= 4 is 11.8 Å². The summed E-state index contributed by atoms with van der Waals surface area (Å²) in [6.07, 6.45) is -0.847. The largest absolute Gasteiger partial charge is 0.505 e. The number of nitrogens with one attached hydrogen (secondary N) is 1. The van der Waals surface area contributed by atoms with E-state index in [9.17, 15) is 14.7 Å². The molecule has 2 aromatic rings. The average Bonchev–Trinajstić information content (AvgIpc) is 2.42. The fourth-order valence-electron chi connectivity index (χ4n) is 1.57. The maximum Gasteiger partial charge on any atom is 0.412 e. The Morgan fingerprint density at radius 1 is 1.35 bits per heavy atom. The van der Waals surface area contributed by atoms with Crippen molar-refractivity contribution in [2.45, 2.75) is 13.5 Å². The summed E-state index contributed by atoms with van der Waals surface area (Å²) in [5.74, 6) is -0.119. The molecule has 2 rings (SSSR count). The first kappa shape index (κ1) is 13.7. The molecule has 1 aromatic heterocycles. The third kappa shape index (κ3) is 3.38. The maximum atomic E-state index is 11.6. The predicted molar refractivity (Wildman–Crippen MR) is 71.6 cm³/mol. The van der Waals surface area contributed by atoms with Gasteiger partial charge in [-0.3, -0.25) is 5.32 Å². The van der Waals surface area contributed by atoms with Crippen LogP contribution in [0, 0.1) is 6.92 Å². The molecule has 20 heavy (non-hydrogen) atoms. The number of hydrogen-bond acceptors (Lipinski definition) is 5. The van der Waals surface area contributed by atoms with Crippen molar-refractivity contribution < 1.29 is 19.1 Å². The highest BCUT2D eigenvalue weighted by Gasteiger charge is 2.13. The van der Waals surface area contributed by atoms with Gasteiger partial charge >= 0.3 is 11.7 Å². The quantitative estimate of drug-likeness (QED) is 0.897. The van der Waals surface area contributed by atoms with Crippen molar-refractivity contribution in [1.82, 2.24) is 0 Å². The highest BCUT2D eigenvalue weighted by atomic mass is 16.5. The van der Waals surface area contributed by atoms with Gasteiger partial charge in [0, 0.05) is 6.07 Å². The van der Waals surface area contributed by atoms with Crippen molar-refractivity contribution in [3.8, 4) is 5.75 Å². The summed E-state index contributed by atoms with van der Waals surface area (Å²) in [5, 5.41) is 11.7. The number of carbonyl (C=O) groups excluding carboxylic acids is 1. The summed E-state index contributed by atoms with van der Waals surface area (Å²) in [5.41, 5.74) is -0.365. The molecule has 0 radical (unpaired) electrons. The Bertz CT molecular complexity index is 663. The number of aryl methyl sites for hydroxylation is 1. The number of hydrogen-bond donors (Lipinski definition) is 2. The minimum atomic E-state index is -0.847. The van der Waals surface area contributed by atoms with Gasteiger partial charge in [0.15, 0.2) is 5.69 Å². The summed E-state index contributed by atoms with van der Waals surface area (Å²) in [7, 11) is 0. The number of amides is 1. The number of ether oxygens (including phenoxy) is 1. The van der Waals surface area contributed by atoms with E-state index in [1.807, 2.05) is 18.2 Å². The molecule has 1 amide bonds. The first-order chi connectivity index (χ1) is 9.56. The SMILES string of the molecule is Cc1cc(O)c(NC(=O)OCc2ccccc2)c(=O)o1. The fourth-order valence-corrected chi connectivity index (χ4v) is 1.57. The molecule has 2 N–H and O–H groups in total. The summed E-state index contributed by atoms with van der Waals surface area (Å²) < 4.78 is 9.70. The Hall–Kier alpha value is -2.76. The molecule has 0 saturated heterocycles. The maximum absolute atomic E-state index is 11.6. The lowest BCUT2D eigenvalue weighted by Crippen LogP contribution is -2.19. The van der Waals surface area contributed by atoms with E-state index >= 15 is 0 Å². The summed E-state index contributed by atoms with van der Waals surface area (Å²) >= 11 is 0. The zero-order valence-corrected chi connectivity index (χ0v) is 10.8. The van der Waals surface area contributed by atoms with Crippen LogP contribution in [0.15, 0.2) is 45.6 Å². The second-order valence-electron chi connectivity index (χ2n) is 4.09. The highest BCUT2D eigenvalue weighted by Crippen LogP contribution is 2.19. The lowest BCUT2D eigenvalue weighted by Gasteiger charge is -2.07. The average molecular weight is 275 g/mol. The van der Waals surface area contributed by atoms with Gasteiger partial charge in [-0.25, -0.2) is 9.59 Å². The molecule has 1 aromatic carbocycles. The zero-order chi connectivity index (χ0) is 14.5. The molecule has 0 atom stereocenters. The van der Waals surface area contributed by atoms with Crippen LogP contribution in [0.4, 0.5) is 10.5 Å². The van der Waals surface area contributed by atoms with Gasteiger partial charge in [0.25, 0.3) is 0 Å². The lowest BCUT2D eigenvalue weighted by molar-refractivity contribution is 0.155. The van der Waals surface area contributed by atoms with Crippen LogP contribution >= 0.6 is 0 Å². The van der Waals surface area contributed by atoms with Crippen LogP contribution < -0.4 is 10.9 Å². The highest BCUT2D eigenvalue weighted by molar-refractivity contribution is 5.86. The van der Waals surface area contributed by atoms with Crippen LogP contribution in [-0.2, 0) is 11.3 Å². The Kier molecular flexibility index (Phi) is 4.05. The Morgan fingerprint density at radius 2 is 2.05 bits per heavy atom. The normalized spacial score (nSPS) is 10.1. The van der Waals surface area contributed by atoms with Gasteiger partial charge in [-0.1, -0.05) is 30.3 Å². The molecule has 6 heteroatoms. The Balaban J connectivity index is 2.00. The first-order valence-electron chi connectivity index (χ1n) is 5.87. The molecule has 0 aliphatic carbocycles. The smallest absolute Gasteiger partial charge is 0.412 e. The van der Waals surface area contributed by atoms with Gasteiger partial charge in [-0.2, -0.15) is 0 Å². The van der Waals surface area contributed by atoms with Crippen LogP contribution in [0.1, 0.15) is 11.3 Å². The Labute approximate surface area is 114 Å². The minimum Gasteiger partial charge on any atom is -0.505 e. The van der Waals surface area contributed by atoms with Crippen LogP contribution in [0.25, 0.3) is 0 Å². The van der Waals surface area contributed by atoms with Crippen LogP contribution in [-0.4, -0.2) is 11.2 Å². The van der Waals surface area contributed by atoms with E-state index in [-0.39, 0.29) is 23.8 Å². The second-order valence-corrected chi connectivity index (χ2v) is 4.09. The molecule has 0 aliphatic heterocycles. The monoisotopic (exact) mass is 275 g/mol. The molecule has 1 heterocycles. The van der Waals surface area contributed by atoms with Gasteiger partial charge in [0.05, 0.1) is 0 Å². The van der Waals surface area contributed by atoms with Crippen molar-refractivity contribution in [2.24, 2.45) is 0 Å². The molecular weight excluding hydrogens is 262 g/mol. The summed E-state index contributed by atoms with van der Waals surface area (Å²) in [6, 6.07) is 10.3. The number of carbonyl (C=O) groups is 1. The molecule has 0 unspecified atom stereocenters.